The molecule has 1 N–H and O–H groups in total. The summed E-state index contributed by atoms with van der Waals surface area (Å²) in [5.74, 6) is 0.00641. The molecule has 0 radical (unpaired) electrons. The SMILES string of the molecule is CCNC(=O)CN(C)Cc1cnc(Cl)cn1. The first kappa shape index (κ1) is 12.9. The number of hydrogen-bond donors (Lipinski definition) is 1. The first-order valence-electron chi connectivity index (χ1n) is 5.03. The van der Waals surface area contributed by atoms with Gasteiger partial charge in [-0.1, -0.05) is 11.6 Å². The first-order chi connectivity index (χ1) is 7.61. The van der Waals surface area contributed by atoms with E-state index in [1.54, 1.807) is 6.20 Å². The lowest BCUT2D eigenvalue weighted by Gasteiger charge is -2.14. The Labute approximate surface area is 99.8 Å². The third-order valence-electron chi connectivity index (χ3n) is 1.89. The van der Waals surface area contributed by atoms with Crippen LogP contribution in [0.15, 0.2) is 12.4 Å². The summed E-state index contributed by atoms with van der Waals surface area (Å²) < 4.78 is 0. The highest BCUT2D eigenvalue weighted by Crippen LogP contribution is 2.03. The zero-order valence-electron chi connectivity index (χ0n) is 9.40. The molecular formula is C10H15ClN4O. The van der Waals surface area contributed by atoms with E-state index in [4.69, 9.17) is 11.6 Å². The van der Waals surface area contributed by atoms with Crippen LogP contribution < -0.4 is 5.32 Å². The number of rotatable bonds is 5. The lowest BCUT2D eigenvalue weighted by molar-refractivity contribution is -0.121. The lowest BCUT2D eigenvalue weighted by Crippen LogP contribution is -2.34. The van der Waals surface area contributed by atoms with Crippen molar-refractivity contribution in [3.05, 3.63) is 23.2 Å². The van der Waals surface area contributed by atoms with Gasteiger partial charge in [0.25, 0.3) is 0 Å². The molecule has 1 aromatic rings. The molecule has 0 fully saturated rings. The van der Waals surface area contributed by atoms with E-state index in [9.17, 15) is 4.79 Å². The van der Waals surface area contributed by atoms with Crippen molar-refractivity contribution in [3.63, 3.8) is 0 Å². The maximum Gasteiger partial charge on any atom is 0.234 e. The summed E-state index contributed by atoms with van der Waals surface area (Å²) in [6.07, 6.45) is 3.10. The van der Waals surface area contributed by atoms with E-state index in [0.29, 0.717) is 24.8 Å². The van der Waals surface area contributed by atoms with Gasteiger partial charge in [0.05, 0.1) is 24.6 Å². The Morgan fingerprint density at radius 1 is 1.50 bits per heavy atom. The van der Waals surface area contributed by atoms with Gasteiger partial charge in [-0.3, -0.25) is 14.7 Å². The third kappa shape index (κ3) is 4.55. The second kappa shape index (κ2) is 6.40. The van der Waals surface area contributed by atoms with Gasteiger partial charge >= 0.3 is 0 Å². The number of aromatic nitrogens is 2. The molecule has 0 saturated carbocycles. The summed E-state index contributed by atoms with van der Waals surface area (Å²) in [6.45, 7) is 3.45. The minimum atomic E-state index is 0.00641. The molecule has 0 spiro atoms. The first-order valence-corrected chi connectivity index (χ1v) is 5.41. The Morgan fingerprint density at radius 3 is 2.81 bits per heavy atom. The van der Waals surface area contributed by atoms with Gasteiger partial charge in [0.15, 0.2) is 0 Å². The molecule has 16 heavy (non-hydrogen) atoms. The second-order valence-electron chi connectivity index (χ2n) is 3.46. The highest BCUT2D eigenvalue weighted by Gasteiger charge is 2.06. The maximum absolute atomic E-state index is 11.3. The van der Waals surface area contributed by atoms with Crippen molar-refractivity contribution >= 4 is 17.5 Å². The number of carbonyl (C=O) groups is 1. The third-order valence-corrected chi connectivity index (χ3v) is 2.09. The molecule has 1 rings (SSSR count). The molecule has 6 heteroatoms. The van der Waals surface area contributed by atoms with E-state index in [1.165, 1.54) is 6.20 Å². The molecule has 1 heterocycles. The highest BCUT2D eigenvalue weighted by atomic mass is 35.5. The van der Waals surface area contributed by atoms with Crippen LogP contribution in [0.2, 0.25) is 5.15 Å². The fraction of sp³-hybridized carbons (Fsp3) is 0.500. The molecule has 1 aromatic heterocycles. The van der Waals surface area contributed by atoms with Crippen molar-refractivity contribution in [2.24, 2.45) is 0 Å². The Balaban J connectivity index is 2.42. The molecule has 0 aliphatic rings. The molecule has 0 atom stereocenters. The number of halogens is 1. The van der Waals surface area contributed by atoms with E-state index in [0.717, 1.165) is 5.69 Å². The van der Waals surface area contributed by atoms with Crippen LogP contribution in [0.1, 0.15) is 12.6 Å². The highest BCUT2D eigenvalue weighted by molar-refractivity contribution is 6.29. The van der Waals surface area contributed by atoms with Gasteiger partial charge in [0, 0.05) is 13.1 Å². The Bertz CT molecular complexity index is 341. The van der Waals surface area contributed by atoms with E-state index in [2.05, 4.69) is 15.3 Å². The summed E-state index contributed by atoms with van der Waals surface area (Å²) in [4.78, 5) is 21.2. The van der Waals surface area contributed by atoms with Crippen LogP contribution in [-0.2, 0) is 11.3 Å². The fourth-order valence-corrected chi connectivity index (χ4v) is 1.35. The second-order valence-corrected chi connectivity index (χ2v) is 3.84. The normalized spacial score (nSPS) is 10.5. The molecule has 0 aliphatic carbocycles. The summed E-state index contributed by atoms with van der Waals surface area (Å²) >= 11 is 5.62. The van der Waals surface area contributed by atoms with Gasteiger partial charge in [0.2, 0.25) is 5.91 Å². The smallest absolute Gasteiger partial charge is 0.234 e. The molecule has 5 nitrogen and oxygen atoms in total. The predicted molar refractivity (Wildman–Crippen MR) is 62.1 cm³/mol. The fourth-order valence-electron chi connectivity index (χ4n) is 1.25. The standard InChI is InChI=1S/C10H15ClN4O/c1-3-12-10(16)7-15(2)6-8-4-14-9(11)5-13-8/h4-5H,3,6-7H2,1-2H3,(H,12,16). The van der Waals surface area contributed by atoms with Crippen LogP contribution in [0.4, 0.5) is 0 Å². The lowest BCUT2D eigenvalue weighted by atomic mass is 10.4. The average Bonchev–Trinajstić information content (AvgIpc) is 2.21. The van der Waals surface area contributed by atoms with Crippen molar-refractivity contribution in [3.8, 4) is 0 Å². The van der Waals surface area contributed by atoms with E-state index < -0.39 is 0 Å². The van der Waals surface area contributed by atoms with Crippen molar-refractivity contribution in [1.29, 1.82) is 0 Å². The number of likely N-dealkylation sites (N-methyl/N-ethyl adjacent to an activating group) is 2. The van der Waals surface area contributed by atoms with Crippen LogP contribution in [0.5, 0.6) is 0 Å². The molecule has 0 saturated heterocycles. The van der Waals surface area contributed by atoms with Crippen molar-refractivity contribution in [2.45, 2.75) is 13.5 Å². The van der Waals surface area contributed by atoms with Gasteiger partial charge in [-0.25, -0.2) is 4.98 Å². The topological polar surface area (TPSA) is 58.1 Å². The van der Waals surface area contributed by atoms with E-state index in [1.807, 2.05) is 18.9 Å². The summed E-state index contributed by atoms with van der Waals surface area (Å²) in [6, 6.07) is 0. The van der Waals surface area contributed by atoms with Crippen LogP contribution in [-0.4, -0.2) is 40.9 Å². The minimum absolute atomic E-state index is 0.00641. The van der Waals surface area contributed by atoms with Gasteiger partial charge in [-0.2, -0.15) is 0 Å². The largest absolute Gasteiger partial charge is 0.355 e. The van der Waals surface area contributed by atoms with Gasteiger partial charge in [-0.15, -0.1) is 0 Å². The van der Waals surface area contributed by atoms with Gasteiger partial charge in [0.1, 0.15) is 5.15 Å². The molecule has 0 aliphatic heterocycles. The van der Waals surface area contributed by atoms with Crippen LogP contribution in [0.25, 0.3) is 0 Å². The quantitative estimate of drug-likeness (QED) is 0.826. The van der Waals surface area contributed by atoms with Crippen molar-refractivity contribution < 1.29 is 4.79 Å². The molecule has 0 aromatic carbocycles. The maximum atomic E-state index is 11.3. The van der Waals surface area contributed by atoms with E-state index >= 15 is 0 Å². The number of amides is 1. The molecule has 0 bridgehead atoms. The zero-order valence-corrected chi connectivity index (χ0v) is 10.2. The Kier molecular flexibility index (Phi) is 5.14. The van der Waals surface area contributed by atoms with Crippen LogP contribution in [0.3, 0.4) is 0 Å². The summed E-state index contributed by atoms with van der Waals surface area (Å²) in [5.41, 5.74) is 0.788. The van der Waals surface area contributed by atoms with E-state index in [-0.39, 0.29) is 5.91 Å². The number of carbonyl (C=O) groups excluding carboxylic acids is 1. The van der Waals surface area contributed by atoms with Crippen LogP contribution >= 0.6 is 11.6 Å². The summed E-state index contributed by atoms with van der Waals surface area (Å²) in [7, 11) is 1.85. The molecule has 1 amide bonds. The predicted octanol–water partition coefficient (Wildman–Crippen LogP) is 0.698. The number of hydrogen-bond acceptors (Lipinski definition) is 4. The van der Waals surface area contributed by atoms with Gasteiger partial charge < -0.3 is 5.32 Å². The zero-order chi connectivity index (χ0) is 12.0. The summed E-state index contributed by atoms with van der Waals surface area (Å²) in [5, 5.41) is 3.10. The Morgan fingerprint density at radius 2 is 2.25 bits per heavy atom. The monoisotopic (exact) mass is 242 g/mol. The van der Waals surface area contributed by atoms with Crippen molar-refractivity contribution in [1.82, 2.24) is 20.2 Å². The Hall–Kier alpha value is -1.20. The van der Waals surface area contributed by atoms with Gasteiger partial charge in [-0.05, 0) is 14.0 Å². The molecule has 0 unspecified atom stereocenters. The number of nitrogens with one attached hydrogen (secondary N) is 1. The number of nitrogens with zero attached hydrogens (tertiary/aromatic N) is 3. The van der Waals surface area contributed by atoms with Crippen LogP contribution in [0, 0.1) is 0 Å². The molecule has 88 valence electrons. The van der Waals surface area contributed by atoms with Crippen molar-refractivity contribution in [2.75, 3.05) is 20.1 Å². The molecular weight excluding hydrogens is 228 g/mol. The minimum Gasteiger partial charge on any atom is -0.355 e. The average molecular weight is 243 g/mol.